The van der Waals surface area contributed by atoms with E-state index >= 15 is 0 Å². The summed E-state index contributed by atoms with van der Waals surface area (Å²) in [5.74, 6) is -0.886. The molecule has 418 valence electrons. The Morgan fingerprint density at radius 1 is 0.580 bits per heavy atom. The number of hydrogen-bond donors (Lipinski definition) is 0. The van der Waals surface area contributed by atoms with Gasteiger partial charge in [0.05, 0.1) is 6.10 Å². The smallest absolute Gasteiger partial charge is 0.379 e. The van der Waals surface area contributed by atoms with Crippen LogP contribution in [0.1, 0.15) is 184 Å². The Kier molecular flexibility index (Phi) is 33.7. The monoisotopic (exact) mass is 1010 g/mol. The lowest BCUT2D eigenvalue weighted by molar-refractivity contribution is -0.179. The predicted molar refractivity (Wildman–Crippen MR) is 274 cm³/mol. The van der Waals surface area contributed by atoms with Crippen LogP contribution in [0.15, 0.2) is 0 Å². The van der Waals surface area contributed by atoms with Crippen LogP contribution >= 0.6 is 0 Å². The molecule has 0 spiro atoms. The quantitative estimate of drug-likeness (QED) is 0.191. The van der Waals surface area contributed by atoms with Crippen molar-refractivity contribution in [2.24, 2.45) is 35.5 Å². The minimum Gasteiger partial charge on any atom is -0.379 e. The summed E-state index contributed by atoms with van der Waals surface area (Å²) in [6.07, 6.45) is -3.00. The first-order valence-corrected chi connectivity index (χ1v) is 26.9. The van der Waals surface area contributed by atoms with Gasteiger partial charge in [0.2, 0.25) is 0 Å². The molecule has 15 heteroatoms. The van der Waals surface area contributed by atoms with Crippen molar-refractivity contribution in [1.29, 1.82) is 0 Å². The van der Waals surface area contributed by atoms with Crippen LogP contribution in [0.2, 0.25) is 0 Å². The third kappa shape index (κ3) is 30.8. The van der Waals surface area contributed by atoms with Crippen molar-refractivity contribution in [1.82, 2.24) is 24.5 Å². The van der Waals surface area contributed by atoms with Crippen molar-refractivity contribution in [2.75, 3.05) is 65.5 Å². The van der Waals surface area contributed by atoms with Gasteiger partial charge >= 0.3 is 12.4 Å². The summed E-state index contributed by atoms with van der Waals surface area (Å²) in [5, 5.41) is 0. The van der Waals surface area contributed by atoms with Gasteiger partial charge in [0, 0.05) is 81.3 Å². The minimum atomic E-state index is -4.04. The third-order valence-electron chi connectivity index (χ3n) is 14.0. The van der Waals surface area contributed by atoms with Crippen LogP contribution in [0.25, 0.3) is 0 Å². The molecule has 0 amide bonds. The molecule has 0 N–H and O–H groups in total. The molecule has 2 aliphatic carbocycles. The summed E-state index contributed by atoms with van der Waals surface area (Å²) < 4.78 is 114. The largest absolute Gasteiger partial charge is 0.404 e. The van der Waals surface area contributed by atoms with Crippen LogP contribution in [0.4, 0.5) is 39.5 Å². The van der Waals surface area contributed by atoms with Crippen molar-refractivity contribution in [2.45, 2.75) is 250 Å². The van der Waals surface area contributed by atoms with Gasteiger partial charge in [-0.15, -0.1) is 0 Å². The van der Waals surface area contributed by atoms with E-state index in [0.717, 1.165) is 30.5 Å². The Bertz CT molecular complexity index is 1230. The number of piperidine rings is 2. The van der Waals surface area contributed by atoms with Gasteiger partial charge < -0.3 is 19.4 Å². The Labute approximate surface area is 418 Å². The summed E-state index contributed by atoms with van der Waals surface area (Å²) in [6, 6.07) is 1.51. The maximum Gasteiger partial charge on any atom is 0.404 e. The van der Waals surface area contributed by atoms with Gasteiger partial charge in [-0.05, 0) is 192 Å². The number of halogens is 9. The molecule has 4 saturated heterocycles. The Hall–Kier alpha value is -0.870. The highest BCUT2D eigenvalue weighted by atomic mass is 19.4. The molecule has 5 atom stereocenters. The summed E-state index contributed by atoms with van der Waals surface area (Å²) >= 11 is 0. The molecule has 69 heavy (non-hydrogen) atoms. The van der Waals surface area contributed by atoms with Crippen LogP contribution in [0, 0.1) is 35.5 Å². The Balaban J connectivity index is 0. The van der Waals surface area contributed by atoms with Crippen molar-refractivity contribution in [3.05, 3.63) is 0 Å². The fraction of sp³-hybridized carbons (Fsp3) is 1.00. The second kappa shape index (κ2) is 33.1. The summed E-state index contributed by atoms with van der Waals surface area (Å²) in [5.41, 5.74) is -1.00. The number of fused-ring (bicyclic) bond motifs is 2. The van der Waals surface area contributed by atoms with Gasteiger partial charge in [-0.2, -0.15) is 26.3 Å². The average molecular weight is 1010 g/mol. The van der Waals surface area contributed by atoms with Gasteiger partial charge in [0.15, 0.2) is 0 Å². The molecule has 0 aromatic carbocycles. The van der Waals surface area contributed by atoms with Crippen molar-refractivity contribution < 1.29 is 44.3 Å². The van der Waals surface area contributed by atoms with Crippen molar-refractivity contribution >= 4 is 0 Å². The first kappa shape index (κ1) is 70.2. The molecule has 2 saturated carbocycles. The molecule has 5 unspecified atom stereocenters. The molecule has 0 aromatic heterocycles. The zero-order valence-electron chi connectivity index (χ0n) is 47.9. The second-order valence-electron chi connectivity index (χ2n) is 22.9. The number of likely N-dealkylation sites (tertiary alicyclic amines) is 4. The van der Waals surface area contributed by atoms with E-state index in [1.165, 1.54) is 63.4 Å². The predicted octanol–water partition coefficient (Wildman–Crippen LogP) is 15.0. The topological polar surface area (TPSA) is 25.4 Å². The summed E-state index contributed by atoms with van der Waals surface area (Å²) in [6.45, 7) is 52.2. The third-order valence-corrected chi connectivity index (χ3v) is 14.0. The molecular weight excluding hydrogens is 906 g/mol. The first-order valence-electron chi connectivity index (χ1n) is 26.9. The highest BCUT2D eigenvalue weighted by Crippen LogP contribution is 2.59. The zero-order chi connectivity index (χ0) is 54.4. The number of alkyl halides is 9. The molecule has 0 aromatic rings. The van der Waals surface area contributed by atoms with Crippen molar-refractivity contribution in [3.63, 3.8) is 0 Å². The standard InChI is InChI=1S/C8H14F3N.C8H13F2N.C8H15N.C7H15N.C7H17N.C6H13F.C5H9F3.C5H12O/c1-6(2)12-5-3-4-7(12)8(9,10)11;1-5(2)11-3-6-7(4-11)8(6,9)10;1-6(2)9-4-7-3-8(7)5-9;1-7(2)8-5-3-4-6-8;1-5-8(6-2)7(3)4;1-5(2)6(3,4)7;1-4(2)3-5(6,7)8;1-4-6-5(2)3/h6-7H,3-5H2,1-2H3;5-7H,3-4H2,1-2H3;6-8H,3-5H2,1-2H3;7H,3-6H2,1-2H3;7H,5-6H2,1-4H3;5H,1-4H3;4H,3H2,1-2H3;5H,4H2,1-3H3. The van der Waals surface area contributed by atoms with Gasteiger partial charge in [0.25, 0.3) is 5.92 Å². The molecule has 4 heterocycles. The van der Waals surface area contributed by atoms with E-state index in [1.54, 1.807) is 27.7 Å². The summed E-state index contributed by atoms with van der Waals surface area (Å²) in [4.78, 5) is 11.2. The highest BCUT2D eigenvalue weighted by molar-refractivity contribution is 5.12. The maximum absolute atomic E-state index is 12.7. The number of nitrogens with zero attached hydrogens (tertiary/aromatic N) is 5. The van der Waals surface area contributed by atoms with Crippen molar-refractivity contribution in [3.8, 4) is 0 Å². The molecule has 6 nitrogen and oxygen atoms in total. The minimum absolute atomic E-state index is 0.000810. The van der Waals surface area contributed by atoms with E-state index in [9.17, 15) is 39.5 Å². The van der Waals surface area contributed by atoms with Gasteiger partial charge in [-0.1, -0.05) is 41.5 Å². The fourth-order valence-corrected chi connectivity index (χ4v) is 8.58. The summed E-state index contributed by atoms with van der Waals surface area (Å²) in [7, 11) is 0. The molecule has 0 bridgehead atoms. The number of rotatable bonds is 11. The Morgan fingerprint density at radius 3 is 1.17 bits per heavy atom. The van der Waals surface area contributed by atoms with Gasteiger partial charge in [-0.25, -0.2) is 13.2 Å². The fourth-order valence-electron chi connectivity index (χ4n) is 8.58. The van der Waals surface area contributed by atoms with E-state index in [4.69, 9.17) is 4.74 Å². The zero-order valence-corrected chi connectivity index (χ0v) is 47.9. The lowest BCUT2D eigenvalue weighted by atomic mass is 9.97. The van der Waals surface area contributed by atoms with Gasteiger partial charge in [0.1, 0.15) is 11.7 Å². The van der Waals surface area contributed by atoms with Crippen LogP contribution in [0.5, 0.6) is 0 Å². The lowest BCUT2D eigenvalue weighted by Gasteiger charge is -2.29. The molecule has 4 aliphatic heterocycles. The van der Waals surface area contributed by atoms with E-state index < -0.39 is 36.4 Å². The maximum atomic E-state index is 12.7. The Morgan fingerprint density at radius 2 is 0.986 bits per heavy atom. The normalized spacial score (nSPS) is 24.3. The van der Waals surface area contributed by atoms with Crippen LogP contribution in [0.3, 0.4) is 0 Å². The molecule has 0 radical (unpaired) electrons. The number of ether oxygens (including phenoxy) is 1. The van der Waals surface area contributed by atoms with E-state index in [1.807, 2.05) is 48.5 Å². The molecule has 6 aliphatic rings. The SMILES string of the molecule is CC(C)C(C)(C)F.CC(C)CC(F)(F)F.CC(C)N1CC2C(C1)C2(F)F.CC(C)N1CC2CC2C1.CC(C)N1CCCC1.CC(C)N1CCCC1C(F)(F)F.CCN(CC)C(C)C.CCOC(C)C. The first-order chi connectivity index (χ1) is 31.4. The van der Waals surface area contributed by atoms with Gasteiger partial charge in [-0.3, -0.25) is 9.80 Å². The number of hydrogen-bond acceptors (Lipinski definition) is 6. The van der Waals surface area contributed by atoms with Crippen LogP contribution < -0.4 is 0 Å². The molecular formula is C54H108F9N5O. The van der Waals surface area contributed by atoms with Crippen LogP contribution in [-0.4, -0.2) is 156 Å². The average Bonchev–Trinajstić information content (AvgIpc) is 3.71. The highest BCUT2D eigenvalue weighted by Gasteiger charge is 2.71. The van der Waals surface area contributed by atoms with Crippen LogP contribution in [-0.2, 0) is 4.74 Å². The van der Waals surface area contributed by atoms with E-state index in [0.29, 0.717) is 44.2 Å². The van der Waals surface area contributed by atoms with E-state index in [-0.39, 0.29) is 36.1 Å². The molecule has 6 rings (SSSR count). The molecule has 6 fully saturated rings. The lowest BCUT2D eigenvalue weighted by Crippen LogP contribution is -2.44. The van der Waals surface area contributed by atoms with E-state index in [2.05, 4.69) is 88.8 Å². The second-order valence-corrected chi connectivity index (χ2v) is 22.9.